The first-order chi connectivity index (χ1) is 12.8. The average molecular weight is 347 g/mol. The number of nitrogens with one attached hydrogen (secondary N) is 1. The Morgan fingerprint density at radius 2 is 2.08 bits per heavy atom. The van der Waals surface area contributed by atoms with Crippen molar-refractivity contribution in [3.8, 4) is 5.88 Å². The van der Waals surface area contributed by atoms with Crippen LogP contribution in [0.2, 0.25) is 0 Å². The average Bonchev–Trinajstić information content (AvgIpc) is 2.96. The van der Waals surface area contributed by atoms with E-state index in [-0.39, 0.29) is 0 Å². The number of aromatic nitrogens is 2. The van der Waals surface area contributed by atoms with Gasteiger partial charge in [0.1, 0.15) is 6.61 Å². The third-order valence-corrected chi connectivity index (χ3v) is 5.15. The highest BCUT2D eigenvalue weighted by molar-refractivity contribution is 5.80. The van der Waals surface area contributed by atoms with Crippen molar-refractivity contribution in [1.29, 1.82) is 0 Å². The van der Waals surface area contributed by atoms with Gasteiger partial charge in [-0.1, -0.05) is 18.2 Å². The summed E-state index contributed by atoms with van der Waals surface area (Å²) in [6.45, 7) is 4.88. The van der Waals surface area contributed by atoms with Gasteiger partial charge < -0.3 is 10.1 Å². The van der Waals surface area contributed by atoms with Crippen molar-refractivity contribution < 1.29 is 4.74 Å². The fourth-order valence-electron chi connectivity index (χ4n) is 3.75. The molecular weight excluding hydrogens is 322 g/mol. The number of fused-ring (bicyclic) bond motifs is 1. The molecule has 0 bridgehead atoms. The van der Waals surface area contributed by atoms with Crippen molar-refractivity contribution >= 4 is 10.9 Å². The van der Waals surface area contributed by atoms with Gasteiger partial charge in [-0.3, -0.25) is 4.98 Å². The number of nitrogens with zero attached hydrogens (tertiary/aromatic N) is 2. The number of rotatable bonds is 4. The first-order valence-electron chi connectivity index (χ1n) is 9.44. The fraction of sp³-hybridized carbons (Fsp3) is 0.364. The Labute approximate surface area is 154 Å². The molecule has 1 unspecified atom stereocenters. The van der Waals surface area contributed by atoms with Gasteiger partial charge in [-0.15, -0.1) is 0 Å². The Bertz CT molecular complexity index is 871. The molecule has 3 heterocycles. The highest BCUT2D eigenvalue weighted by Crippen LogP contribution is 2.30. The Balaban J connectivity index is 1.55. The predicted octanol–water partition coefficient (Wildman–Crippen LogP) is 4.37. The molecule has 4 heteroatoms. The summed E-state index contributed by atoms with van der Waals surface area (Å²) in [5.41, 5.74) is 4.73. The molecule has 26 heavy (non-hydrogen) atoms. The van der Waals surface area contributed by atoms with Crippen LogP contribution in [0.3, 0.4) is 0 Å². The van der Waals surface area contributed by atoms with Gasteiger partial charge in [0.05, 0.1) is 5.52 Å². The standard InChI is InChI=1S/C22H25N3O/c1-16-20(18-5-4-10-23-12-9-18)14-19-8-7-17(13-21(19)25-16)15-26-22-6-2-3-11-24-22/h2-3,6-8,11,13-14,18,23H,4-5,9-10,12,15H2,1H3. The van der Waals surface area contributed by atoms with Crippen LogP contribution in [0.25, 0.3) is 10.9 Å². The van der Waals surface area contributed by atoms with Gasteiger partial charge in [0.25, 0.3) is 0 Å². The van der Waals surface area contributed by atoms with E-state index in [1.54, 1.807) is 6.20 Å². The summed E-state index contributed by atoms with van der Waals surface area (Å²) < 4.78 is 5.76. The third kappa shape index (κ3) is 3.86. The molecule has 0 radical (unpaired) electrons. The second kappa shape index (κ2) is 7.83. The van der Waals surface area contributed by atoms with Gasteiger partial charge in [0, 0.05) is 23.3 Å². The molecule has 1 N–H and O–H groups in total. The van der Waals surface area contributed by atoms with E-state index >= 15 is 0 Å². The number of benzene rings is 1. The first-order valence-corrected chi connectivity index (χ1v) is 9.44. The molecule has 2 aromatic heterocycles. The highest BCUT2D eigenvalue weighted by atomic mass is 16.5. The SMILES string of the molecule is Cc1nc2cc(COc3ccccn3)ccc2cc1C1CCCNCC1. The molecule has 1 atom stereocenters. The normalized spacial score (nSPS) is 17.8. The Morgan fingerprint density at radius 3 is 2.96 bits per heavy atom. The van der Waals surface area contributed by atoms with Crippen LogP contribution in [0.15, 0.2) is 48.7 Å². The molecule has 1 aliphatic heterocycles. The molecule has 1 fully saturated rings. The Morgan fingerprint density at radius 1 is 1.12 bits per heavy atom. The summed E-state index contributed by atoms with van der Waals surface area (Å²) in [4.78, 5) is 9.10. The molecule has 3 aromatic rings. The van der Waals surface area contributed by atoms with Gasteiger partial charge in [-0.2, -0.15) is 0 Å². The zero-order chi connectivity index (χ0) is 17.8. The van der Waals surface area contributed by atoms with E-state index in [0.29, 0.717) is 18.4 Å². The van der Waals surface area contributed by atoms with Crippen LogP contribution in [-0.4, -0.2) is 23.1 Å². The van der Waals surface area contributed by atoms with Crippen molar-refractivity contribution in [2.45, 2.75) is 38.7 Å². The van der Waals surface area contributed by atoms with Crippen LogP contribution >= 0.6 is 0 Å². The van der Waals surface area contributed by atoms with Crippen LogP contribution in [0, 0.1) is 6.92 Å². The lowest BCUT2D eigenvalue weighted by atomic mass is 9.90. The van der Waals surface area contributed by atoms with Crippen molar-refractivity contribution in [1.82, 2.24) is 15.3 Å². The number of aryl methyl sites for hydroxylation is 1. The van der Waals surface area contributed by atoms with Gasteiger partial charge in [-0.05, 0) is 74.5 Å². The van der Waals surface area contributed by atoms with Gasteiger partial charge in [-0.25, -0.2) is 4.98 Å². The molecule has 0 saturated carbocycles. The second-order valence-corrected chi connectivity index (χ2v) is 7.02. The Kier molecular flexibility index (Phi) is 5.12. The lowest BCUT2D eigenvalue weighted by Crippen LogP contribution is -2.14. The summed E-state index contributed by atoms with van der Waals surface area (Å²) in [5, 5.41) is 4.71. The van der Waals surface area contributed by atoms with Crippen molar-refractivity contribution in [2.75, 3.05) is 13.1 Å². The highest BCUT2D eigenvalue weighted by Gasteiger charge is 2.17. The molecule has 134 valence electrons. The number of pyridine rings is 2. The molecule has 4 rings (SSSR count). The van der Waals surface area contributed by atoms with E-state index in [4.69, 9.17) is 9.72 Å². The van der Waals surface area contributed by atoms with E-state index in [1.165, 1.54) is 30.2 Å². The Hall–Kier alpha value is -2.46. The summed E-state index contributed by atoms with van der Waals surface area (Å²) in [7, 11) is 0. The molecule has 1 saturated heterocycles. The van der Waals surface area contributed by atoms with E-state index in [2.05, 4.69) is 41.5 Å². The largest absolute Gasteiger partial charge is 0.473 e. The predicted molar refractivity (Wildman–Crippen MR) is 105 cm³/mol. The topological polar surface area (TPSA) is 47.0 Å². The van der Waals surface area contributed by atoms with Gasteiger partial charge in [0.2, 0.25) is 5.88 Å². The van der Waals surface area contributed by atoms with Crippen LogP contribution < -0.4 is 10.1 Å². The van der Waals surface area contributed by atoms with Crippen molar-refractivity contribution in [3.05, 3.63) is 65.5 Å². The zero-order valence-corrected chi connectivity index (χ0v) is 15.2. The maximum atomic E-state index is 5.76. The quantitative estimate of drug-likeness (QED) is 0.761. The second-order valence-electron chi connectivity index (χ2n) is 7.02. The molecule has 4 nitrogen and oxygen atoms in total. The van der Waals surface area contributed by atoms with E-state index in [1.807, 2.05) is 18.2 Å². The van der Waals surface area contributed by atoms with E-state index in [0.717, 1.165) is 29.9 Å². The molecule has 0 aliphatic carbocycles. The minimum atomic E-state index is 0.504. The fourth-order valence-corrected chi connectivity index (χ4v) is 3.75. The summed E-state index contributed by atoms with van der Waals surface area (Å²) in [6, 6.07) is 14.5. The molecule has 0 spiro atoms. The first kappa shape index (κ1) is 17.0. The van der Waals surface area contributed by atoms with Crippen molar-refractivity contribution in [2.24, 2.45) is 0 Å². The number of hydrogen-bond donors (Lipinski definition) is 1. The van der Waals surface area contributed by atoms with Crippen molar-refractivity contribution in [3.63, 3.8) is 0 Å². The number of ether oxygens (including phenoxy) is 1. The minimum Gasteiger partial charge on any atom is -0.473 e. The van der Waals surface area contributed by atoms with Crippen LogP contribution in [0.4, 0.5) is 0 Å². The molecule has 1 aliphatic rings. The maximum Gasteiger partial charge on any atom is 0.213 e. The zero-order valence-electron chi connectivity index (χ0n) is 15.2. The summed E-state index contributed by atoms with van der Waals surface area (Å²) in [6.07, 6.45) is 5.43. The lowest BCUT2D eigenvalue weighted by Gasteiger charge is -2.17. The monoisotopic (exact) mass is 347 g/mol. The molecule has 0 amide bonds. The third-order valence-electron chi connectivity index (χ3n) is 5.15. The minimum absolute atomic E-state index is 0.504. The number of hydrogen-bond acceptors (Lipinski definition) is 4. The van der Waals surface area contributed by atoms with E-state index in [9.17, 15) is 0 Å². The maximum absolute atomic E-state index is 5.76. The van der Waals surface area contributed by atoms with Gasteiger partial charge >= 0.3 is 0 Å². The lowest BCUT2D eigenvalue weighted by molar-refractivity contribution is 0.294. The van der Waals surface area contributed by atoms with E-state index < -0.39 is 0 Å². The molecular formula is C22H25N3O. The summed E-state index contributed by atoms with van der Waals surface area (Å²) in [5.74, 6) is 1.27. The molecule has 1 aromatic carbocycles. The van der Waals surface area contributed by atoms with Crippen LogP contribution in [0.1, 0.15) is 42.0 Å². The van der Waals surface area contributed by atoms with Gasteiger partial charge in [0.15, 0.2) is 0 Å². The smallest absolute Gasteiger partial charge is 0.213 e. The van der Waals surface area contributed by atoms with Crippen LogP contribution in [0.5, 0.6) is 5.88 Å². The van der Waals surface area contributed by atoms with Crippen LogP contribution in [-0.2, 0) is 6.61 Å². The summed E-state index contributed by atoms with van der Waals surface area (Å²) >= 11 is 0.